The third-order valence-corrected chi connectivity index (χ3v) is 7.07. The van der Waals surface area contributed by atoms with Crippen LogP contribution in [0.5, 0.6) is 0 Å². The van der Waals surface area contributed by atoms with Crippen LogP contribution >= 0.6 is 14.1 Å². The number of nitrogens with one attached hydrogen (secondary N) is 1. The molecule has 0 bridgehead atoms. The van der Waals surface area contributed by atoms with Gasteiger partial charge in [-0.1, -0.05) is 0 Å². The van der Waals surface area contributed by atoms with Gasteiger partial charge in [0, 0.05) is 32.0 Å². The van der Waals surface area contributed by atoms with Crippen molar-refractivity contribution in [3.8, 4) is 0 Å². The number of ether oxygens (including phenoxy) is 2. The van der Waals surface area contributed by atoms with Crippen LogP contribution < -0.4 is 5.32 Å². The lowest BCUT2D eigenvalue weighted by Gasteiger charge is -2.36. The van der Waals surface area contributed by atoms with Gasteiger partial charge in [-0.25, -0.2) is 0 Å². The molecule has 5 N–H and O–H groups in total. The van der Waals surface area contributed by atoms with Crippen LogP contribution in [0.25, 0.3) is 0 Å². The maximum Gasteiger partial charge on any atom is 0.328 e. The molecule has 0 aromatic rings. The Hall–Kier alpha value is -0.390. The van der Waals surface area contributed by atoms with E-state index in [1.54, 1.807) is 0 Å². The number of carbonyl (C=O) groups excluding carboxylic acids is 1. The van der Waals surface area contributed by atoms with Gasteiger partial charge in [-0.3, -0.25) is 9.36 Å². The van der Waals surface area contributed by atoms with E-state index >= 15 is 0 Å². The molecule has 14 heteroatoms. The van der Waals surface area contributed by atoms with Gasteiger partial charge in [-0.05, 0) is 18.2 Å². The zero-order valence-corrected chi connectivity index (χ0v) is 17.1. The third-order valence-electron chi connectivity index (χ3n) is 4.72. The number of nitrogens with zero attached hydrogens (tertiary/aromatic N) is 1. The average Bonchev–Trinajstić information content (AvgIpc) is 3.24. The first kappa shape index (κ1) is 21.3. The number of aliphatic hydroxyl groups excluding tert-OH is 1. The predicted octanol–water partition coefficient (Wildman–Crippen LogP) is -1.17. The Labute approximate surface area is 160 Å². The normalized spacial score (nSPS) is 41.3. The van der Waals surface area contributed by atoms with E-state index in [-0.39, 0.29) is 6.42 Å². The van der Waals surface area contributed by atoms with E-state index in [0.717, 1.165) is 0 Å². The van der Waals surface area contributed by atoms with Gasteiger partial charge in [0.1, 0.15) is 12.2 Å². The van der Waals surface area contributed by atoms with E-state index in [1.165, 1.54) is 31.0 Å². The second-order valence-corrected chi connectivity index (χ2v) is 12.5. The van der Waals surface area contributed by atoms with Crippen molar-refractivity contribution in [3.63, 3.8) is 0 Å². The number of methoxy groups -OCH3 is 1. The first-order chi connectivity index (χ1) is 12.4. The average molecular weight is 444 g/mol. The van der Waals surface area contributed by atoms with E-state index in [4.69, 9.17) is 25.8 Å². The number of rotatable bonds is 6. The molecule has 2 heterocycles. The topological polar surface area (TPSA) is 158 Å². The lowest BCUT2D eigenvalue weighted by Crippen LogP contribution is -2.55. The number of carbonyl (C=O) groups is 1. The summed E-state index contributed by atoms with van der Waals surface area (Å²) < 4.78 is 28.6. The van der Waals surface area contributed by atoms with Gasteiger partial charge in [0.05, 0.1) is 11.8 Å². The largest absolute Gasteiger partial charge is 0.374 e. The molecule has 1 saturated heterocycles. The molecule has 11 nitrogen and oxygen atoms in total. The SMILES string of the molecule is COC1C(OP(C)(O)=S)[C@@H](C2CC2P(=O)(O)O)O[C@H]1N1C=CC(=O)NC1O. The molecule has 2 fully saturated rings. The maximum absolute atomic E-state index is 11.6. The molecule has 1 saturated carbocycles. The lowest BCUT2D eigenvalue weighted by molar-refractivity contribution is -0.155. The van der Waals surface area contributed by atoms with Gasteiger partial charge in [0.2, 0.25) is 12.3 Å². The smallest absolute Gasteiger partial charge is 0.328 e. The van der Waals surface area contributed by atoms with Crippen molar-refractivity contribution < 1.29 is 43.1 Å². The summed E-state index contributed by atoms with van der Waals surface area (Å²) in [5.74, 6) is -1.00. The summed E-state index contributed by atoms with van der Waals surface area (Å²) in [5.41, 5.74) is -0.875. The van der Waals surface area contributed by atoms with E-state index in [2.05, 4.69) is 5.32 Å². The zero-order valence-electron chi connectivity index (χ0n) is 14.5. The fraction of sp³-hybridized carbons (Fsp3) is 0.769. The number of hydrogen-bond donors (Lipinski definition) is 5. The van der Waals surface area contributed by atoms with Gasteiger partial charge < -0.3 is 44.0 Å². The van der Waals surface area contributed by atoms with Crippen molar-refractivity contribution in [2.24, 2.45) is 5.92 Å². The minimum Gasteiger partial charge on any atom is -0.374 e. The molecule has 1 aliphatic carbocycles. The molecule has 27 heavy (non-hydrogen) atoms. The van der Waals surface area contributed by atoms with Crippen LogP contribution in [-0.2, 0) is 35.2 Å². The van der Waals surface area contributed by atoms with Gasteiger partial charge >= 0.3 is 7.60 Å². The van der Waals surface area contributed by atoms with Crippen molar-refractivity contribution >= 4 is 31.8 Å². The Morgan fingerprint density at radius 3 is 2.52 bits per heavy atom. The van der Waals surface area contributed by atoms with Crippen molar-refractivity contribution in [1.29, 1.82) is 0 Å². The summed E-state index contributed by atoms with van der Waals surface area (Å²) in [6, 6.07) is 0. The van der Waals surface area contributed by atoms with E-state index in [9.17, 15) is 29.1 Å². The first-order valence-electron chi connectivity index (χ1n) is 8.08. The van der Waals surface area contributed by atoms with Crippen molar-refractivity contribution in [3.05, 3.63) is 12.3 Å². The molecule has 8 atom stereocenters. The monoisotopic (exact) mass is 444 g/mol. The highest BCUT2D eigenvalue weighted by Gasteiger charge is 2.62. The van der Waals surface area contributed by atoms with Crippen molar-refractivity contribution in [1.82, 2.24) is 10.2 Å². The fourth-order valence-electron chi connectivity index (χ4n) is 3.50. The number of amides is 1. The Morgan fingerprint density at radius 1 is 1.37 bits per heavy atom. The molecule has 3 aliphatic rings. The van der Waals surface area contributed by atoms with E-state index in [0.29, 0.717) is 0 Å². The van der Waals surface area contributed by atoms with Crippen LogP contribution in [0.1, 0.15) is 6.42 Å². The highest BCUT2D eigenvalue weighted by Crippen LogP contribution is 2.62. The summed E-state index contributed by atoms with van der Waals surface area (Å²) >= 11 is 4.96. The van der Waals surface area contributed by atoms with Crippen molar-refractivity contribution in [2.45, 2.75) is 43.0 Å². The van der Waals surface area contributed by atoms with E-state index in [1.807, 2.05) is 0 Å². The Balaban J connectivity index is 1.88. The van der Waals surface area contributed by atoms with Crippen LogP contribution in [-0.4, -0.2) is 80.9 Å². The molecule has 3 rings (SSSR count). The lowest BCUT2D eigenvalue weighted by atomic mass is 10.1. The molecule has 2 aliphatic heterocycles. The summed E-state index contributed by atoms with van der Waals surface area (Å²) in [6.07, 6.45) is -2.13. The Bertz CT molecular complexity index is 725. The second kappa shape index (κ2) is 7.46. The van der Waals surface area contributed by atoms with Crippen LogP contribution in [0.2, 0.25) is 0 Å². The molecule has 0 aromatic heterocycles. The maximum atomic E-state index is 11.6. The van der Waals surface area contributed by atoms with Gasteiger partial charge in [-0.2, -0.15) is 0 Å². The van der Waals surface area contributed by atoms with Gasteiger partial charge in [-0.15, -0.1) is 0 Å². The molecule has 0 aromatic carbocycles. The van der Waals surface area contributed by atoms with Crippen molar-refractivity contribution in [2.75, 3.05) is 13.8 Å². The summed E-state index contributed by atoms with van der Waals surface area (Å²) in [5, 5.41) is 12.4. The minimum absolute atomic E-state index is 0.227. The highest BCUT2D eigenvalue weighted by molar-refractivity contribution is 8.09. The van der Waals surface area contributed by atoms with Gasteiger partial charge in [0.25, 0.3) is 0 Å². The molecule has 6 unspecified atom stereocenters. The summed E-state index contributed by atoms with van der Waals surface area (Å²) in [4.78, 5) is 41.5. The minimum atomic E-state index is -4.30. The zero-order chi connectivity index (χ0) is 20.1. The second-order valence-electron chi connectivity index (χ2n) is 6.77. The Kier molecular flexibility index (Phi) is 5.89. The number of aliphatic hydroxyl groups is 1. The Morgan fingerprint density at radius 2 is 2.04 bits per heavy atom. The van der Waals surface area contributed by atoms with Crippen LogP contribution in [0.15, 0.2) is 12.3 Å². The molecule has 154 valence electrons. The third kappa shape index (κ3) is 4.62. The van der Waals surface area contributed by atoms with Gasteiger partial charge in [0.15, 0.2) is 12.7 Å². The van der Waals surface area contributed by atoms with E-state index < -0.39 is 62.5 Å². The van der Waals surface area contributed by atoms with Crippen LogP contribution in [0.3, 0.4) is 0 Å². The molecule has 1 amide bonds. The molecular weight excluding hydrogens is 422 g/mol. The predicted molar refractivity (Wildman–Crippen MR) is 95.8 cm³/mol. The summed E-state index contributed by atoms with van der Waals surface area (Å²) in [7, 11) is -2.93. The highest BCUT2D eigenvalue weighted by atomic mass is 32.5. The van der Waals surface area contributed by atoms with Crippen LogP contribution in [0, 0.1) is 5.92 Å². The summed E-state index contributed by atoms with van der Waals surface area (Å²) in [6.45, 7) is -1.81. The number of hydrogen-bond acceptors (Lipinski definition) is 8. The molecule has 0 spiro atoms. The standard InChI is InChI=1S/C13H22N2O9P2S/c1-22-11-10(24-25(2,18)27)9(6-5-7(6)26(19,20)21)23-12(11)15-4-3-8(16)14-13(15)17/h3-4,6-7,9-13,17H,5H2,1-2H3,(H,14,16)(H,18,27)(H2,19,20,21)/t6?,7?,9-,10?,11?,12-,13?,25?/m1/s1. The molecular formula is C13H22N2O9P2S. The van der Waals surface area contributed by atoms with Crippen LogP contribution in [0.4, 0.5) is 0 Å². The fourth-order valence-corrected chi connectivity index (χ4v) is 5.67. The quantitative estimate of drug-likeness (QED) is 0.314. The first-order valence-corrected chi connectivity index (χ1v) is 12.9. The molecule has 0 radical (unpaired) electrons.